The normalized spacial score (nSPS) is 18.4. The number of carbonyl (C=O) groups excluding carboxylic acids is 2. The highest BCUT2D eigenvalue weighted by atomic mass is 16.8. The summed E-state index contributed by atoms with van der Waals surface area (Å²) in [6, 6.07) is 7.04. The van der Waals surface area contributed by atoms with Crippen LogP contribution >= 0.6 is 0 Å². The minimum atomic E-state index is -0.721. The van der Waals surface area contributed by atoms with Gasteiger partial charge in [-0.1, -0.05) is 17.7 Å². The molecule has 1 aliphatic rings. The Hall–Kier alpha value is -2.04. The number of ether oxygens (including phenoxy) is 3. The maximum atomic E-state index is 11.6. The van der Waals surface area contributed by atoms with Crippen LogP contribution in [0.3, 0.4) is 0 Å². The molecule has 17 heavy (non-hydrogen) atoms. The molecule has 90 valence electrons. The topological polar surface area (TPSA) is 61.8 Å². The third kappa shape index (κ3) is 2.96. The number of carbonyl (C=O) groups is 2. The molecule has 0 radical (unpaired) electrons. The van der Waals surface area contributed by atoms with Crippen molar-refractivity contribution >= 4 is 12.1 Å². The van der Waals surface area contributed by atoms with Gasteiger partial charge in [0.1, 0.15) is 13.2 Å². The highest BCUT2D eigenvalue weighted by Gasteiger charge is 2.26. The molecule has 1 saturated heterocycles. The fraction of sp³-hybridized carbons (Fsp3) is 0.333. The largest absolute Gasteiger partial charge is 0.508 e. The summed E-state index contributed by atoms with van der Waals surface area (Å²) < 4.78 is 14.3. The zero-order valence-electron chi connectivity index (χ0n) is 9.34. The smallest absolute Gasteiger partial charge is 0.458 e. The van der Waals surface area contributed by atoms with Gasteiger partial charge in [0.05, 0.1) is 5.56 Å². The Kier molecular flexibility index (Phi) is 3.27. The number of hydrogen-bond acceptors (Lipinski definition) is 5. The summed E-state index contributed by atoms with van der Waals surface area (Å²) in [6.45, 7) is 2.07. The number of cyclic esters (lactones) is 2. The minimum absolute atomic E-state index is 0.0124. The number of aryl methyl sites for hydroxylation is 1. The van der Waals surface area contributed by atoms with Crippen molar-refractivity contribution in [2.24, 2.45) is 0 Å². The third-order valence-electron chi connectivity index (χ3n) is 2.34. The molecule has 0 N–H and O–H groups in total. The summed E-state index contributed by atoms with van der Waals surface area (Å²) >= 11 is 0. The lowest BCUT2D eigenvalue weighted by molar-refractivity contribution is 0.0300. The fourth-order valence-electron chi connectivity index (χ4n) is 1.39. The van der Waals surface area contributed by atoms with Crippen LogP contribution in [-0.4, -0.2) is 31.4 Å². The van der Waals surface area contributed by atoms with Crippen LogP contribution in [0, 0.1) is 6.92 Å². The van der Waals surface area contributed by atoms with E-state index < -0.39 is 18.2 Å². The number of hydrogen-bond donors (Lipinski definition) is 0. The fourth-order valence-corrected chi connectivity index (χ4v) is 1.39. The van der Waals surface area contributed by atoms with E-state index in [-0.39, 0.29) is 13.2 Å². The number of esters is 1. The summed E-state index contributed by atoms with van der Waals surface area (Å²) in [5.41, 5.74) is 1.54. The SMILES string of the molecule is Cc1ccc(C(=O)OCC2COC(=O)O2)cc1. The van der Waals surface area contributed by atoms with Crippen LogP contribution in [0.25, 0.3) is 0 Å². The lowest BCUT2D eigenvalue weighted by Gasteiger charge is -2.07. The van der Waals surface area contributed by atoms with Gasteiger partial charge in [0.25, 0.3) is 0 Å². The van der Waals surface area contributed by atoms with Crippen molar-refractivity contribution < 1.29 is 23.8 Å². The predicted molar refractivity (Wildman–Crippen MR) is 57.7 cm³/mol. The molecule has 5 heteroatoms. The predicted octanol–water partition coefficient (Wildman–Crippen LogP) is 1.69. The van der Waals surface area contributed by atoms with Gasteiger partial charge < -0.3 is 14.2 Å². The van der Waals surface area contributed by atoms with Crippen LogP contribution in [0.5, 0.6) is 0 Å². The van der Waals surface area contributed by atoms with Crippen LogP contribution in [0.2, 0.25) is 0 Å². The van der Waals surface area contributed by atoms with Crippen molar-refractivity contribution in [3.8, 4) is 0 Å². The van der Waals surface area contributed by atoms with Gasteiger partial charge in [-0.2, -0.15) is 0 Å². The summed E-state index contributed by atoms with van der Waals surface area (Å²) in [6.07, 6.45) is -1.22. The third-order valence-corrected chi connectivity index (χ3v) is 2.34. The van der Waals surface area contributed by atoms with E-state index in [1.165, 1.54) is 0 Å². The molecule has 1 aliphatic heterocycles. The van der Waals surface area contributed by atoms with Crippen molar-refractivity contribution in [2.45, 2.75) is 13.0 Å². The van der Waals surface area contributed by atoms with Crippen molar-refractivity contribution in [1.29, 1.82) is 0 Å². The maximum absolute atomic E-state index is 11.6. The van der Waals surface area contributed by atoms with E-state index in [4.69, 9.17) is 9.47 Å². The Morgan fingerprint density at radius 1 is 1.41 bits per heavy atom. The molecule has 1 atom stereocenters. The van der Waals surface area contributed by atoms with Gasteiger partial charge in [-0.25, -0.2) is 9.59 Å². The molecular weight excluding hydrogens is 224 g/mol. The number of benzene rings is 1. The van der Waals surface area contributed by atoms with E-state index >= 15 is 0 Å². The summed E-state index contributed by atoms with van der Waals surface area (Å²) in [5, 5.41) is 0. The molecule has 0 aromatic heterocycles. The van der Waals surface area contributed by atoms with E-state index in [1.54, 1.807) is 12.1 Å². The van der Waals surface area contributed by atoms with Crippen LogP contribution < -0.4 is 0 Å². The Balaban J connectivity index is 1.85. The molecule has 0 bridgehead atoms. The van der Waals surface area contributed by atoms with E-state index in [0.29, 0.717) is 5.56 Å². The zero-order chi connectivity index (χ0) is 12.3. The first-order chi connectivity index (χ1) is 8.15. The van der Waals surface area contributed by atoms with Gasteiger partial charge in [0, 0.05) is 0 Å². The second-order valence-corrected chi connectivity index (χ2v) is 3.77. The lowest BCUT2D eigenvalue weighted by Crippen LogP contribution is -2.20. The van der Waals surface area contributed by atoms with Gasteiger partial charge in [0.2, 0.25) is 0 Å². The summed E-state index contributed by atoms with van der Waals surface area (Å²) in [4.78, 5) is 22.2. The van der Waals surface area contributed by atoms with Crippen LogP contribution in [-0.2, 0) is 14.2 Å². The quantitative estimate of drug-likeness (QED) is 0.747. The summed E-state index contributed by atoms with van der Waals surface area (Å²) in [5.74, 6) is -0.437. The van der Waals surface area contributed by atoms with E-state index in [0.717, 1.165) is 5.56 Å². The van der Waals surface area contributed by atoms with E-state index in [1.807, 2.05) is 19.1 Å². The maximum Gasteiger partial charge on any atom is 0.508 e. The van der Waals surface area contributed by atoms with Crippen LogP contribution in [0.4, 0.5) is 4.79 Å². The molecule has 1 unspecified atom stereocenters. The van der Waals surface area contributed by atoms with E-state index in [2.05, 4.69) is 4.74 Å². The molecule has 1 fully saturated rings. The Bertz CT molecular complexity index is 423. The first-order valence-electron chi connectivity index (χ1n) is 5.22. The van der Waals surface area contributed by atoms with Crippen molar-refractivity contribution in [2.75, 3.05) is 13.2 Å². The first-order valence-corrected chi connectivity index (χ1v) is 5.22. The monoisotopic (exact) mass is 236 g/mol. The average Bonchev–Trinajstić information content (AvgIpc) is 2.73. The molecule has 1 aromatic rings. The Morgan fingerprint density at radius 3 is 2.71 bits per heavy atom. The molecule has 5 nitrogen and oxygen atoms in total. The molecule has 0 aliphatic carbocycles. The van der Waals surface area contributed by atoms with E-state index in [9.17, 15) is 9.59 Å². The molecule has 0 spiro atoms. The molecule has 1 aromatic carbocycles. The molecule has 2 rings (SSSR count). The van der Waals surface area contributed by atoms with Gasteiger partial charge in [-0.15, -0.1) is 0 Å². The second-order valence-electron chi connectivity index (χ2n) is 3.77. The minimum Gasteiger partial charge on any atom is -0.458 e. The molecule has 1 heterocycles. The van der Waals surface area contributed by atoms with Gasteiger partial charge >= 0.3 is 12.1 Å². The van der Waals surface area contributed by atoms with Crippen molar-refractivity contribution in [1.82, 2.24) is 0 Å². The molecular formula is C12H12O5. The number of rotatable bonds is 3. The van der Waals surface area contributed by atoms with Gasteiger partial charge in [-0.05, 0) is 19.1 Å². The van der Waals surface area contributed by atoms with Crippen LogP contribution in [0.1, 0.15) is 15.9 Å². The second kappa shape index (κ2) is 4.86. The van der Waals surface area contributed by atoms with Crippen LogP contribution in [0.15, 0.2) is 24.3 Å². The standard InChI is InChI=1S/C12H12O5/c1-8-2-4-9(5-3-8)11(13)15-6-10-7-16-12(14)17-10/h2-5,10H,6-7H2,1H3. The average molecular weight is 236 g/mol. The van der Waals surface area contributed by atoms with Crippen molar-refractivity contribution in [3.63, 3.8) is 0 Å². The lowest BCUT2D eigenvalue weighted by atomic mass is 10.1. The molecule has 0 amide bonds. The van der Waals surface area contributed by atoms with Gasteiger partial charge in [-0.3, -0.25) is 0 Å². The highest BCUT2D eigenvalue weighted by Crippen LogP contribution is 2.09. The molecule has 0 saturated carbocycles. The first kappa shape index (κ1) is 11.4. The zero-order valence-corrected chi connectivity index (χ0v) is 9.34. The van der Waals surface area contributed by atoms with Gasteiger partial charge in [0.15, 0.2) is 6.10 Å². The Morgan fingerprint density at radius 2 is 2.12 bits per heavy atom. The highest BCUT2D eigenvalue weighted by molar-refractivity contribution is 5.89. The van der Waals surface area contributed by atoms with Crippen molar-refractivity contribution in [3.05, 3.63) is 35.4 Å². The summed E-state index contributed by atoms with van der Waals surface area (Å²) in [7, 11) is 0. The Labute approximate surface area is 98.3 Å².